The molecule has 0 bridgehead atoms. The van der Waals surface area contributed by atoms with Crippen LogP contribution in [0, 0.1) is 17.8 Å². The third-order valence-corrected chi connectivity index (χ3v) is 4.90. The lowest BCUT2D eigenvalue weighted by Crippen LogP contribution is -2.60. The number of carbonyl (C=O) groups excluding carboxylic acids is 3. The van der Waals surface area contributed by atoms with E-state index in [4.69, 9.17) is 15.9 Å². The van der Waals surface area contributed by atoms with E-state index in [2.05, 4.69) is 16.0 Å². The first-order chi connectivity index (χ1) is 15.1. The summed E-state index contributed by atoms with van der Waals surface area (Å²) < 4.78 is 0. The van der Waals surface area contributed by atoms with E-state index in [1.54, 1.807) is 27.7 Å². The predicted octanol–water partition coefficient (Wildman–Crippen LogP) is -0.954. The molecule has 0 aliphatic heterocycles. The Balaban J connectivity index is 5.41. The minimum atomic E-state index is -1.67. The fourth-order valence-corrected chi connectivity index (χ4v) is 3.06. The van der Waals surface area contributed by atoms with Crippen molar-refractivity contribution >= 4 is 29.7 Å². The molecule has 0 aliphatic rings. The second-order valence-corrected chi connectivity index (χ2v) is 9.20. The molecule has 0 saturated carbocycles. The number of rotatable bonds is 14. The minimum Gasteiger partial charge on any atom is -0.481 e. The van der Waals surface area contributed by atoms with E-state index < -0.39 is 78.2 Å². The van der Waals surface area contributed by atoms with Crippen LogP contribution in [-0.4, -0.2) is 75.3 Å². The number of hydrogen-bond acceptors (Lipinski definition) is 7. The molecule has 0 heterocycles. The number of nitrogens with one attached hydrogen (secondary N) is 3. The highest BCUT2D eigenvalue weighted by Gasteiger charge is 2.34. The highest BCUT2D eigenvalue weighted by atomic mass is 16.4. The van der Waals surface area contributed by atoms with Crippen molar-refractivity contribution in [2.75, 3.05) is 0 Å². The third kappa shape index (κ3) is 10.6. The molecule has 0 spiro atoms. The summed E-state index contributed by atoms with van der Waals surface area (Å²) in [7, 11) is 0. The van der Waals surface area contributed by atoms with Gasteiger partial charge in [-0.3, -0.25) is 19.2 Å². The lowest BCUT2D eigenvalue weighted by molar-refractivity contribution is -0.147. The van der Waals surface area contributed by atoms with Crippen molar-refractivity contribution < 1.29 is 39.3 Å². The number of carbonyl (C=O) groups is 5. The van der Waals surface area contributed by atoms with Crippen molar-refractivity contribution in [1.29, 1.82) is 0 Å². The van der Waals surface area contributed by atoms with Crippen LogP contribution in [0.3, 0.4) is 0 Å². The van der Waals surface area contributed by atoms with E-state index in [1.165, 1.54) is 0 Å². The number of aliphatic hydroxyl groups excluding tert-OH is 1. The van der Waals surface area contributed by atoms with Crippen LogP contribution in [0.15, 0.2) is 0 Å². The first-order valence-electron chi connectivity index (χ1n) is 10.9. The van der Waals surface area contributed by atoms with Crippen LogP contribution in [0.5, 0.6) is 0 Å². The summed E-state index contributed by atoms with van der Waals surface area (Å²) in [5.74, 6) is -6.12. The van der Waals surface area contributed by atoms with Crippen LogP contribution < -0.4 is 21.7 Å². The van der Waals surface area contributed by atoms with Crippen LogP contribution in [0.25, 0.3) is 0 Å². The average Bonchev–Trinajstić information content (AvgIpc) is 2.66. The van der Waals surface area contributed by atoms with Gasteiger partial charge in [0.1, 0.15) is 24.2 Å². The minimum absolute atomic E-state index is 0.146. The molecule has 5 atom stereocenters. The van der Waals surface area contributed by atoms with Crippen molar-refractivity contribution in [3.05, 3.63) is 0 Å². The first kappa shape index (κ1) is 30.3. The molecule has 0 saturated heterocycles. The molecule has 0 aromatic heterocycles. The highest BCUT2D eigenvalue weighted by molar-refractivity contribution is 5.94. The molecular weight excluding hydrogens is 436 g/mol. The van der Waals surface area contributed by atoms with Gasteiger partial charge in [-0.05, 0) is 24.2 Å². The quantitative estimate of drug-likeness (QED) is 0.165. The van der Waals surface area contributed by atoms with Crippen LogP contribution in [-0.2, 0) is 24.0 Å². The number of nitrogens with two attached hydrogens (primary N) is 1. The standard InChI is InChI=1S/C21H38N4O8/c1-9(2)7-12(22)17(28)20(31)25-16(11(5)6)19(30)24-15(10(3)4)18(29)23-13(21(32)33)8-14(26)27/h9-13,15-17,28H,7-8,22H2,1-6H3,(H,23,29)(H,24,30)(H,25,31)(H,26,27)(H,32,33)/t12-,13-,15+,16+,17+/m1/s1. The summed E-state index contributed by atoms with van der Waals surface area (Å²) in [4.78, 5) is 60.0. The third-order valence-electron chi connectivity index (χ3n) is 4.90. The summed E-state index contributed by atoms with van der Waals surface area (Å²) >= 11 is 0. The van der Waals surface area contributed by atoms with Crippen LogP contribution >= 0.6 is 0 Å². The molecule has 0 radical (unpaired) electrons. The van der Waals surface area contributed by atoms with Gasteiger partial charge in [0.05, 0.1) is 6.42 Å². The topological polar surface area (TPSA) is 208 Å². The maximum absolute atomic E-state index is 12.9. The predicted molar refractivity (Wildman–Crippen MR) is 119 cm³/mol. The normalized spacial score (nSPS) is 16.0. The maximum atomic E-state index is 12.9. The van der Waals surface area contributed by atoms with Crippen molar-refractivity contribution in [3.63, 3.8) is 0 Å². The number of hydrogen-bond donors (Lipinski definition) is 7. The molecule has 12 nitrogen and oxygen atoms in total. The van der Waals surface area contributed by atoms with E-state index in [0.29, 0.717) is 6.42 Å². The second kappa shape index (κ2) is 13.7. The molecular formula is C21H38N4O8. The Morgan fingerprint density at radius 2 is 1.18 bits per heavy atom. The van der Waals surface area contributed by atoms with Crippen molar-refractivity contribution in [3.8, 4) is 0 Å². The zero-order valence-corrected chi connectivity index (χ0v) is 20.0. The van der Waals surface area contributed by atoms with E-state index >= 15 is 0 Å². The van der Waals surface area contributed by atoms with Gasteiger partial charge in [0, 0.05) is 6.04 Å². The van der Waals surface area contributed by atoms with Gasteiger partial charge in [0.25, 0.3) is 5.91 Å². The Bertz CT molecular complexity index is 710. The molecule has 0 aromatic rings. The van der Waals surface area contributed by atoms with Crippen molar-refractivity contribution in [2.45, 2.75) is 84.7 Å². The van der Waals surface area contributed by atoms with Crippen molar-refractivity contribution in [2.24, 2.45) is 23.5 Å². The van der Waals surface area contributed by atoms with E-state index in [0.717, 1.165) is 0 Å². The molecule has 190 valence electrons. The summed E-state index contributed by atoms with van der Waals surface area (Å²) in [5.41, 5.74) is 5.86. The molecule has 12 heteroatoms. The lowest BCUT2D eigenvalue weighted by atomic mass is 9.97. The first-order valence-corrected chi connectivity index (χ1v) is 10.9. The molecule has 8 N–H and O–H groups in total. The van der Waals surface area contributed by atoms with E-state index in [9.17, 15) is 29.1 Å². The molecule has 0 aromatic carbocycles. The van der Waals surface area contributed by atoms with Gasteiger partial charge in [0.15, 0.2) is 0 Å². The average molecular weight is 475 g/mol. The largest absolute Gasteiger partial charge is 0.481 e. The Labute approximate surface area is 193 Å². The fraction of sp³-hybridized carbons (Fsp3) is 0.762. The summed E-state index contributed by atoms with van der Waals surface area (Å²) in [6.45, 7) is 10.3. The van der Waals surface area contributed by atoms with Crippen LogP contribution in [0.2, 0.25) is 0 Å². The summed E-state index contributed by atoms with van der Waals surface area (Å²) in [5, 5.41) is 35.2. The summed E-state index contributed by atoms with van der Waals surface area (Å²) in [6, 6.07) is -4.80. The zero-order chi connectivity index (χ0) is 26.0. The molecule has 0 aliphatic carbocycles. The number of aliphatic hydroxyl groups is 1. The lowest BCUT2D eigenvalue weighted by Gasteiger charge is -2.29. The fourth-order valence-electron chi connectivity index (χ4n) is 3.06. The Kier molecular flexibility index (Phi) is 12.6. The second-order valence-electron chi connectivity index (χ2n) is 9.20. The Morgan fingerprint density at radius 1 is 0.758 bits per heavy atom. The maximum Gasteiger partial charge on any atom is 0.326 e. The number of carboxylic acids is 2. The van der Waals surface area contributed by atoms with Gasteiger partial charge in [-0.2, -0.15) is 0 Å². The monoisotopic (exact) mass is 474 g/mol. The van der Waals surface area contributed by atoms with Crippen LogP contribution in [0.1, 0.15) is 54.4 Å². The number of amides is 3. The Morgan fingerprint density at radius 3 is 1.55 bits per heavy atom. The van der Waals surface area contributed by atoms with Gasteiger partial charge in [-0.1, -0.05) is 41.5 Å². The van der Waals surface area contributed by atoms with Gasteiger partial charge >= 0.3 is 11.9 Å². The molecule has 0 rings (SSSR count). The smallest absolute Gasteiger partial charge is 0.326 e. The molecule has 3 amide bonds. The molecule has 0 unspecified atom stereocenters. The van der Waals surface area contributed by atoms with Gasteiger partial charge < -0.3 is 37.0 Å². The van der Waals surface area contributed by atoms with Crippen LogP contribution in [0.4, 0.5) is 0 Å². The zero-order valence-electron chi connectivity index (χ0n) is 20.0. The van der Waals surface area contributed by atoms with Gasteiger partial charge in [0.2, 0.25) is 11.8 Å². The Hall–Kier alpha value is -2.73. The van der Waals surface area contributed by atoms with Gasteiger partial charge in [-0.15, -0.1) is 0 Å². The van der Waals surface area contributed by atoms with E-state index in [-0.39, 0.29) is 5.92 Å². The van der Waals surface area contributed by atoms with E-state index in [1.807, 2.05) is 13.8 Å². The number of carboxylic acid groups (broad SMARTS) is 2. The number of aliphatic carboxylic acids is 2. The highest BCUT2D eigenvalue weighted by Crippen LogP contribution is 2.10. The molecule has 0 fully saturated rings. The SMILES string of the molecule is CC(C)C[C@@H](N)[C@H](O)C(=O)N[C@H](C(=O)N[C@H](C(=O)N[C@H](CC(=O)O)C(=O)O)C(C)C)C(C)C. The summed E-state index contributed by atoms with van der Waals surface area (Å²) in [6.07, 6.45) is -1.97. The molecule has 33 heavy (non-hydrogen) atoms. The van der Waals surface area contributed by atoms with Gasteiger partial charge in [-0.25, -0.2) is 4.79 Å². The van der Waals surface area contributed by atoms with Crippen molar-refractivity contribution in [1.82, 2.24) is 16.0 Å².